The third kappa shape index (κ3) is 3.93. The Hall–Kier alpha value is -1.09. The van der Waals surface area contributed by atoms with Gasteiger partial charge in [-0.05, 0) is 33.9 Å². The van der Waals surface area contributed by atoms with Crippen molar-refractivity contribution in [3.63, 3.8) is 0 Å². The molecule has 2 heterocycles. The van der Waals surface area contributed by atoms with Gasteiger partial charge in [0.05, 0.1) is 11.7 Å². The lowest BCUT2D eigenvalue weighted by atomic mass is 10.1. The predicted molar refractivity (Wildman–Crippen MR) is 94.7 cm³/mol. The van der Waals surface area contributed by atoms with Gasteiger partial charge in [0.15, 0.2) is 0 Å². The molecule has 1 atom stereocenters. The molecule has 1 saturated heterocycles. The van der Waals surface area contributed by atoms with Crippen molar-refractivity contribution in [1.29, 1.82) is 0 Å². The van der Waals surface area contributed by atoms with E-state index in [0.29, 0.717) is 32.0 Å². The van der Waals surface area contributed by atoms with Crippen LogP contribution in [0, 0.1) is 6.92 Å². The van der Waals surface area contributed by atoms with Crippen LogP contribution in [0.4, 0.5) is 0 Å². The topological polar surface area (TPSA) is 69.6 Å². The summed E-state index contributed by atoms with van der Waals surface area (Å²) in [4.78, 5) is 11.0. The van der Waals surface area contributed by atoms with Crippen LogP contribution in [-0.2, 0) is 16.8 Å². The van der Waals surface area contributed by atoms with Crippen molar-refractivity contribution in [2.45, 2.75) is 46.2 Å². The van der Waals surface area contributed by atoms with Crippen molar-refractivity contribution in [3.8, 4) is 0 Å². The van der Waals surface area contributed by atoms with Crippen LogP contribution in [0.15, 0.2) is 6.20 Å². The molecule has 24 heavy (non-hydrogen) atoms. The third-order valence-corrected chi connectivity index (χ3v) is 6.55. The summed E-state index contributed by atoms with van der Waals surface area (Å²) in [6.07, 6.45) is 3.49. The Bertz CT molecular complexity index is 658. The van der Waals surface area contributed by atoms with E-state index in [0.717, 1.165) is 24.1 Å². The average Bonchev–Trinajstić information content (AvgIpc) is 2.99. The fourth-order valence-corrected chi connectivity index (χ4v) is 5.09. The number of hydrogen-bond acceptors (Lipinski definition) is 5. The molecule has 0 radical (unpaired) electrons. The van der Waals surface area contributed by atoms with Gasteiger partial charge in [0.2, 0.25) is 0 Å². The molecule has 8 heteroatoms. The van der Waals surface area contributed by atoms with Crippen LogP contribution in [0.3, 0.4) is 0 Å². The molecule has 0 bridgehead atoms. The van der Waals surface area contributed by atoms with Crippen molar-refractivity contribution in [2.24, 2.45) is 0 Å². The van der Waals surface area contributed by atoms with E-state index < -0.39 is 10.2 Å². The van der Waals surface area contributed by atoms with Gasteiger partial charge in [-0.2, -0.15) is 17.0 Å². The summed E-state index contributed by atoms with van der Waals surface area (Å²) < 4.78 is 29.1. The monoisotopic (exact) mass is 355 g/mol. The summed E-state index contributed by atoms with van der Waals surface area (Å²) in [5, 5.41) is 0. The highest BCUT2D eigenvalue weighted by Crippen LogP contribution is 2.36. The minimum atomic E-state index is -3.46. The van der Waals surface area contributed by atoms with Crippen molar-refractivity contribution in [2.75, 3.05) is 33.7 Å². The summed E-state index contributed by atoms with van der Waals surface area (Å²) in [5.41, 5.74) is 1.85. The number of aryl methyl sites for hydroxylation is 1. The molecule has 1 aliphatic rings. The van der Waals surface area contributed by atoms with Gasteiger partial charge in [0.1, 0.15) is 5.82 Å². The summed E-state index contributed by atoms with van der Waals surface area (Å²) in [7, 11) is 0.514. The van der Waals surface area contributed by atoms with Crippen LogP contribution in [-0.4, -0.2) is 65.6 Å². The second-order valence-electron chi connectivity index (χ2n) is 6.43. The highest BCUT2D eigenvalue weighted by Gasteiger charge is 2.39. The largest absolute Gasteiger partial charge is 0.305 e. The molecular weight excluding hydrogens is 326 g/mol. The Morgan fingerprint density at radius 3 is 2.54 bits per heavy atom. The van der Waals surface area contributed by atoms with E-state index in [-0.39, 0.29) is 6.04 Å². The maximum atomic E-state index is 13.0. The molecule has 0 saturated carbocycles. The molecule has 1 aromatic heterocycles. The van der Waals surface area contributed by atoms with Crippen LogP contribution in [0.1, 0.15) is 49.8 Å². The summed E-state index contributed by atoms with van der Waals surface area (Å²) in [6, 6.07) is -0.202. The van der Waals surface area contributed by atoms with Crippen molar-refractivity contribution in [1.82, 2.24) is 23.5 Å². The van der Waals surface area contributed by atoms with E-state index >= 15 is 0 Å². The third-order valence-electron chi connectivity index (χ3n) is 4.35. The molecular formula is C16H29N5O2S. The second kappa shape index (κ2) is 7.86. The molecule has 136 valence electrons. The van der Waals surface area contributed by atoms with Gasteiger partial charge in [-0.15, -0.1) is 0 Å². The van der Waals surface area contributed by atoms with E-state index in [1.165, 1.54) is 4.31 Å². The summed E-state index contributed by atoms with van der Waals surface area (Å²) in [6.45, 7) is 7.81. The summed E-state index contributed by atoms with van der Waals surface area (Å²) in [5.74, 6) is 0.680. The van der Waals surface area contributed by atoms with Gasteiger partial charge >= 0.3 is 0 Å². The minimum Gasteiger partial charge on any atom is -0.305 e. The van der Waals surface area contributed by atoms with Crippen molar-refractivity contribution in [3.05, 3.63) is 23.3 Å². The Morgan fingerprint density at radius 2 is 1.96 bits per heavy atom. The fraction of sp³-hybridized carbons (Fsp3) is 0.750. The molecule has 0 aliphatic carbocycles. The van der Waals surface area contributed by atoms with Gasteiger partial charge in [-0.25, -0.2) is 9.97 Å². The quantitative estimate of drug-likeness (QED) is 0.742. The van der Waals surface area contributed by atoms with Crippen molar-refractivity contribution >= 4 is 10.2 Å². The lowest BCUT2D eigenvalue weighted by Gasteiger charge is -2.30. The SMILES string of the molecule is CCN(CC)S(=O)(=O)N1CCCC1c1nc(C)ncc1CN(C)C. The zero-order valence-electron chi connectivity index (χ0n) is 15.4. The predicted octanol–water partition coefficient (Wildman–Crippen LogP) is 1.57. The Balaban J connectivity index is 2.42. The van der Waals surface area contributed by atoms with E-state index in [1.54, 1.807) is 4.31 Å². The average molecular weight is 356 g/mol. The second-order valence-corrected chi connectivity index (χ2v) is 8.31. The van der Waals surface area contributed by atoms with Crippen LogP contribution in [0.5, 0.6) is 0 Å². The summed E-state index contributed by atoms with van der Waals surface area (Å²) >= 11 is 0. The van der Waals surface area contributed by atoms with Crippen LogP contribution < -0.4 is 0 Å². The van der Waals surface area contributed by atoms with Gasteiger partial charge in [-0.1, -0.05) is 13.8 Å². The highest BCUT2D eigenvalue weighted by atomic mass is 32.2. The zero-order chi connectivity index (χ0) is 17.9. The van der Waals surface area contributed by atoms with E-state index in [2.05, 4.69) is 14.9 Å². The van der Waals surface area contributed by atoms with Crippen molar-refractivity contribution < 1.29 is 8.42 Å². The number of rotatable bonds is 7. The Morgan fingerprint density at radius 1 is 1.29 bits per heavy atom. The van der Waals surface area contributed by atoms with Gasteiger partial charge in [0.25, 0.3) is 10.2 Å². The Labute approximate surface area is 145 Å². The fourth-order valence-electron chi connectivity index (χ4n) is 3.25. The molecule has 0 spiro atoms. The number of hydrogen-bond donors (Lipinski definition) is 0. The maximum absolute atomic E-state index is 13.0. The standard InChI is InChI=1S/C16H29N5O2S/c1-6-20(7-2)24(22,23)21-10-8-9-15(21)16-14(12-19(4)5)11-17-13(3)18-16/h11,15H,6-10,12H2,1-5H3. The molecule has 0 aromatic carbocycles. The molecule has 0 N–H and O–H groups in total. The minimum absolute atomic E-state index is 0.202. The first kappa shape index (κ1) is 19.2. The Kier molecular flexibility index (Phi) is 6.30. The molecule has 1 unspecified atom stereocenters. The first-order valence-electron chi connectivity index (χ1n) is 8.55. The molecule has 2 rings (SSSR count). The van der Waals surface area contributed by atoms with E-state index in [9.17, 15) is 8.42 Å². The normalized spacial score (nSPS) is 19.5. The highest BCUT2D eigenvalue weighted by molar-refractivity contribution is 7.86. The lowest BCUT2D eigenvalue weighted by molar-refractivity contribution is 0.329. The molecule has 1 aliphatic heterocycles. The van der Waals surface area contributed by atoms with Gasteiger partial charge < -0.3 is 4.90 Å². The zero-order valence-corrected chi connectivity index (χ0v) is 16.2. The van der Waals surface area contributed by atoms with Crippen LogP contribution >= 0.6 is 0 Å². The lowest BCUT2D eigenvalue weighted by Crippen LogP contribution is -2.43. The number of nitrogens with zero attached hydrogens (tertiary/aromatic N) is 5. The molecule has 1 aromatic rings. The molecule has 0 amide bonds. The smallest absolute Gasteiger partial charge is 0.282 e. The first-order chi connectivity index (χ1) is 11.3. The van der Waals surface area contributed by atoms with Crippen LogP contribution in [0.2, 0.25) is 0 Å². The maximum Gasteiger partial charge on any atom is 0.282 e. The van der Waals surface area contributed by atoms with E-state index in [4.69, 9.17) is 0 Å². The van der Waals surface area contributed by atoms with E-state index in [1.807, 2.05) is 41.1 Å². The first-order valence-corrected chi connectivity index (χ1v) is 9.95. The molecule has 7 nitrogen and oxygen atoms in total. The van der Waals surface area contributed by atoms with Gasteiger partial charge in [0, 0.05) is 37.9 Å². The molecule has 1 fully saturated rings. The van der Waals surface area contributed by atoms with Crippen LogP contribution in [0.25, 0.3) is 0 Å². The van der Waals surface area contributed by atoms with Gasteiger partial charge in [-0.3, -0.25) is 0 Å². The number of aromatic nitrogens is 2.